The third kappa shape index (κ3) is 8.69. The lowest BCUT2D eigenvalue weighted by molar-refractivity contribution is -0.138. The van der Waals surface area contributed by atoms with Crippen molar-refractivity contribution >= 4 is 39.1 Å². The van der Waals surface area contributed by atoms with Crippen LogP contribution in [0.25, 0.3) is 0 Å². The summed E-state index contributed by atoms with van der Waals surface area (Å²) in [7, 11) is -4.36. The minimum Gasteiger partial charge on any atom is -0.351 e. The standard InChI is InChI=1S/C23H34N4O5S2/c1-7-16-13-33-22(24-16)18(12-15-8-10-17(11-9-15)27-34(30,31)32)25-20(28)19(14(2)3)21(29)26-23(4,5)6/h8-11,13-14,18-19,27H,7,12H2,1-6H3,(H,25,28)(H,26,29)(H,30,31,32)/t18-,19-/m0/s1. The molecular formula is C23H34N4O5S2. The fourth-order valence-corrected chi connectivity index (χ4v) is 4.76. The Hall–Kier alpha value is -2.50. The summed E-state index contributed by atoms with van der Waals surface area (Å²) in [5.74, 6) is -1.78. The van der Waals surface area contributed by atoms with Crippen LogP contribution in [0.2, 0.25) is 0 Å². The Morgan fingerprint density at radius 3 is 2.21 bits per heavy atom. The van der Waals surface area contributed by atoms with Crippen molar-refractivity contribution in [2.24, 2.45) is 11.8 Å². The number of thiazole rings is 1. The molecule has 0 saturated carbocycles. The number of aryl methyl sites for hydroxylation is 1. The van der Waals surface area contributed by atoms with E-state index in [1.165, 1.54) is 23.5 Å². The van der Waals surface area contributed by atoms with Crippen molar-refractivity contribution in [3.63, 3.8) is 0 Å². The molecule has 0 aliphatic rings. The Morgan fingerprint density at radius 2 is 1.74 bits per heavy atom. The van der Waals surface area contributed by atoms with Gasteiger partial charge in [-0.2, -0.15) is 8.42 Å². The van der Waals surface area contributed by atoms with E-state index < -0.39 is 27.8 Å². The van der Waals surface area contributed by atoms with Gasteiger partial charge in [0.2, 0.25) is 11.8 Å². The molecule has 2 rings (SSSR count). The van der Waals surface area contributed by atoms with Gasteiger partial charge in [0, 0.05) is 10.9 Å². The largest absolute Gasteiger partial charge is 0.357 e. The number of anilines is 1. The molecule has 9 nitrogen and oxygen atoms in total. The molecule has 11 heteroatoms. The van der Waals surface area contributed by atoms with Crippen molar-refractivity contribution in [1.29, 1.82) is 0 Å². The van der Waals surface area contributed by atoms with Crippen molar-refractivity contribution in [3.8, 4) is 0 Å². The highest BCUT2D eigenvalue weighted by Crippen LogP contribution is 2.25. The lowest BCUT2D eigenvalue weighted by Crippen LogP contribution is -2.50. The van der Waals surface area contributed by atoms with Gasteiger partial charge in [-0.15, -0.1) is 11.3 Å². The monoisotopic (exact) mass is 510 g/mol. The van der Waals surface area contributed by atoms with Crippen molar-refractivity contribution < 1.29 is 22.6 Å². The van der Waals surface area contributed by atoms with Crippen molar-refractivity contribution in [2.45, 2.75) is 66.0 Å². The second kappa shape index (κ2) is 11.3. The first kappa shape index (κ1) is 27.7. The maximum Gasteiger partial charge on any atom is 0.357 e. The lowest BCUT2D eigenvalue weighted by Gasteiger charge is -2.27. The van der Waals surface area contributed by atoms with Gasteiger partial charge in [0.15, 0.2) is 0 Å². The zero-order valence-corrected chi connectivity index (χ0v) is 22.0. The first-order valence-electron chi connectivity index (χ1n) is 11.1. The smallest absolute Gasteiger partial charge is 0.351 e. The van der Waals surface area contributed by atoms with Gasteiger partial charge < -0.3 is 10.6 Å². The third-order valence-electron chi connectivity index (χ3n) is 4.92. The molecule has 0 bridgehead atoms. The molecule has 0 unspecified atom stereocenters. The van der Waals surface area contributed by atoms with Crippen LogP contribution < -0.4 is 15.4 Å². The number of benzene rings is 1. The molecule has 0 aliphatic heterocycles. The highest BCUT2D eigenvalue weighted by atomic mass is 32.2. The Balaban J connectivity index is 2.28. The molecule has 0 saturated heterocycles. The van der Waals surface area contributed by atoms with Crippen LogP contribution in [0.5, 0.6) is 0 Å². The van der Waals surface area contributed by atoms with Crippen LogP contribution in [0.4, 0.5) is 5.69 Å². The summed E-state index contributed by atoms with van der Waals surface area (Å²) in [6, 6.07) is 5.98. The number of amides is 2. The van der Waals surface area contributed by atoms with Gasteiger partial charge >= 0.3 is 10.3 Å². The van der Waals surface area contributed by atoms with Crippen LogP contribution in [0.15, 0.2) is 29.6 Å². The second-order valence-corrected chi connectivity index (χ2v) is 11.6. The number of hydrogen-bond donors (Lipinski definition) is 4. The number of nitrogens with zero attached hydrogens (tertiary/aromatic N) is 1. The Bertz CT molecular complexity index is 1090. The maximum atomic E-state index is 13.3. The SMILES string of the molecule is CCc1csc([C@H](Cc2ccc(NS(=O)(=O)O)cc2)NC(=O)[C@@H](C(=O)NC(C)(C)C)C(C)C)n1. The lowest BCUT2D eigenvalue weighted by atomic mass is 9.92. The fraction of sp³-hybridized carbons (Fsp3) is 0.522. The van der Waals surface area contributed by atoms with E-state index in [0.29, 0.717) is 6.42 Å². The average Bonchev–Trinajstić information content (AvgIpc) is 3.15. The van der Waals surface area contributed by atoms with E-state index >= 15 is 0 Å². The first-order chi connectivity index (χ1) is 15.7. The molecule has 1 heterocycles. The second-order valence-electron chi connectivity index (χ2n) is 9.53. The van der Waals surface area contributed by atoms with E-state index in [9.17, 15) is 18.0 Å². The Kier molecular flexibility index (Phi) is 9.21. The Labute approximate surface area is 205 Å². The minimum atomic E-state index is -4.36. The summed E-state index contributed by atoms with van der Waals surface area (Å²) in [4.78, 5) is 30.8. The van der Waals surface area contributed by atoms with E-state index in [1.54, 1.807) is 12.1 Å². The molecule has 1 aromatic heterocycles. The number of aromatic nitrogens is 1. The number of carbonyl (C=O) groups is 2. The molecule has 2 atom stereocenters. The van der Waals surface area contributed by atoms with Gasteiger partial charge in [-0.05, 0) is 57.2 Å². The summed E-state index contributed by atoms with van der Waals surface area (Å²) in [5, 5.41) is 8.58. The molecule has 0 fully saturated rings. The van der Waals surface area contributed by atoms with Crippen LogP contribution in [0, 0.1) is 11.8 Å². The molecule has 2 aromatic rings. The van der Waals surface area contributed by atoms with Crippen LogP contribution in [0.1, 0.15) is 63.8 Å². The quantitative estimate of drug-likeness (QED) is 0.285. The minimum absolute atomic E-state index is 0.212. The van der Waals surface area contributed by atoms with Gasteiger partial charge in [-0.25, -0.2) is 4.98 Å². The number of carbonyl (C=O) groups excluding carboxylic acids is 2. The summed E-state index contributed by atoms with van der Waals surface area (Å²) < 4.78 is 33.0. The summed E-state index contributed by atoms with van der Waals surface area (Å²) in [6.07, 6.45) is 1.15. The zero-order chi connectivity index (χ0) is 25.7. The summed E-state index contributed by atoms with van der Waals surface area (Å²) >= 11 is 1.44. The molecule has 34 heavy (non-hydrogen) atoms. The van der Waals surface area contributed by atoms with Gasteiger partial charge in [-0.3, -0.25) is 18.9 Å². The molecule has 0 aliphatic carbocycles. The van der Waals surface area contributed by atoms with Crippen molar-refractivity contribution in [2.75, 3.05) is 4.72 Å². The molecule has 188 valence electrons. The predicted octanol–water partition coefficient (Wildman–Crippen LogP) is 3.51. The third-order valence-corrected chi connectivity index (χ3v) is 6.42. The molecule has 0 spiro atoms. The summed E-state index contributed by atoms with van der Waals surface area (Å²) in [6.45, 7) is 11.3. The first-order valence-corrected chi connectivity index (χ1v) is 13.4. The molecule has 0 radical (unpaired) electrons. The summed E-state index contributed by atoms with van der Waals surface area (Å²) in [5.41, 5.74) is 1.48. The van der Waals surface area contributed by atoms with E-state index in [-0.39, 0.29) is 23.4 Å². The molecule has 2 amide bonds. The van der Waals surface area contributed by atoms with Crippen LogP contribution >= 0.6 is 11.3 Å². The maximum absolute atomic E-state index is 13.3. The molecule has 4 N–H and O–H groups in total. The molecular weight excluding hydrogens is 476 g/mol. The number of nitrogens with one attached hydrogen (secondary N) is 3. The average molecular weight is 511 g/mol. The van der Waals surface area contributed by atoms with Gasteiger partial charge in [-0.1, -0.05) is 32.9 Å². The molecule has 1 aromatic carbocycles. The fourth-order valence-electron chi connectivity index (χ4n) is 3.37. The van der Waals surface area contributed by atoms with E-state index in [2.05, 4.69) is 15.6 Å². The zero-order valence-electron chi connectivity index (χ0n) is 20.4. The van der Waals surface area contributed by atoms with Gasteiger partial charge in [0.1, 0.15) is 10.9 Å². The normalized spacial score (nSPS) is 13.9. The van der Waals surface area contributed by atoms with Crippen LogP contribution in [-0.4, -0.2) is 35.3 Å². The van der Waals surface area contributed by atoms with E-state index in [1.807, 2.05) is 51.6 Å². The van der Waals surface area contributed by atoms with Crippen molar-refractivity contribution in [1.82, 2.24) is 15.6 Å². The highest BCUT2D eigenvalue weighted by molar-refractivity contribution is 7.87. The van der Waals surface area contributed by atoms with Crippen LogP contribution in [0.3, 0.4) is 0 Å². The highest BCUT2D eigenvalue weighted by Gasteiger charge is 2.33. The Morgan fingerprint density at radius 1 is 1.12 bits per heavy atom. The van der Waals surface area contributed by atoms with Crippen LogP contribution in [-0.2, 0) is 32.7 Å². The topological polar surface area (TPSA) is 137 Å². The predicted molar refractivity (Wildman–Crippen MR) is 134 cm³/mol. The van der Waals surface area contributed by atoms with E-state index in [4.69, 9.17) is 4.55 Å². The van der Waals surface area contributed by atoms with E-state index in [0.717, 1.165) is 22.7 Å². The van der Waals surface area contributed by atoms with Gasteiger partial charge in [0.25, 0.3) is 0 Å². The van der Waals surface area contributed by atoms with Gasteiger partial charge in [0.05, 0.1) is 17.4 Å². The number of rotatable bonds is 10. The number of hydrogen-bond acceptors (Lipinski definition) is 6. The van der Waals surface area contributed by atoms with Crippen molar-refractivity contribution in [3.05, 3.63) is 45.9 Å².